The maximum atomic E-state index is 3.78. The molecule has 19 heavy (non-hydrogen) atoms. The smallest absolute Gasteiger partial charge is 0.0486 e. The molecule has 1 aromatic rings. The molecule has 2 rings (SSSR count). The standard InChI is InChI=1S/C17H28N2/c1-16(2,3)18-14-11-12-9-7-8-10-13(12)15(14)19-17(4,5)6/h7-10,14-15,18-19H,11H2,1-6H3. The third-order valence-corrected chi connectivity index (χ3v) is 3.44. The monoisotopic (exact) mass is 260 g/mol. The summed E-state index contributed by atoms with van der Waals surface area (Å²) in [6, 6.07) is 9.69. The topological polar surface area (TPSA) is 24.1 Å². The number of nitrogens with one attached hydrogen (secondary N) is 2. The predicted octanol–water partition coefficient (Wildman–Crippen LogP) is 3.43. The van der Waals surface area contributed by atoms with Crippen LogP contribution >= 0.6 is 0 Å². The minimum absolute atomic E-state index is 0.125. The Balaban J connectivity index is 2.26. The number of hydrogen-bond acceptors (Lipinski definition) is 2. The number of rotatable bonds is 2. The van der Waals surface area contributed by atoms with Gasteiger partial charge >= 0.3 is 0 Å². The summed E-state index contributed by atoms with van der Waals surface area (Å²) in [7, 11) is 0. The van der Waals surface area contributed by atoms with E-state index in [4.69, 9.17) is 0 Å². The lowest BCUT2D eigenvalue weighted by atomic mass is 9.99. The molecular formula is C17H28N2. The van der Waals surface area contributed by atoms with Crippen LogP contribution < -0.4 is 10.6 Å². The lowest BCUT2D eigenvalue weighted by molar-refractivity contribution is 0.270. The fraction of sp³-hybridized carbons (Fsp3) is 0.647. The molecule has 0 aromatic heterocycles. The average Bonchev–Trinajstić information content (AvgIpc) is 2.52. The van der Waals surface area contributed by atoms with E-state index < -0.39 is 0 Å². The van der Waals surface area contributed by atoms with Crippen molar-refractivity contribution in [2.75, 3.05) is 0 Å². The van der Waals surface area contributed by atoms with Gasteiger partial charge in [0.05, 0.1) is 0 Å². The predicted molar refractivity (Wildman–Crippen MR) is 82.5 cm³/mol. The van der Waals surface area contributed by atoms with Crippen molar-refractivity contribution in [2.24, 2.45) is 0 Å². The molecule has 0 fully saturated rings. The maximum absolute atomic E-state index is 3.78. The van der Waals surface area contributed by atoms with Crippen LogP contribution in [0.1, 0.15) is 58.7 Å². The lowest BCUT2D eigenvalue weighted by Crippen LogP contribution is -2.51. The van der Waals surface area contributed by atoms with Gasteiger partial charge in [-0.25, -0.2) is 0 Å². The van der Waals surface area contributed by atoms with Crippen molar-refractivity contribution in [3.05, 3.63) is 35.4 Å². The van der Waals surface area contributed by atoms with E-state index >= 15 is 0 Å². The Morgan fingerprint density at radius 1 is 0.895 bits per heavy atom. The van der Waals surface area contributed by atoms with Crippen LogP contribution in [-0.2, 0) is 6.42 Å². The lowest BCUT2D eigenvalue weighted by Gasteiger charge is -2.34. The maximum Gasteiger partial charge on any atom is 0.0486 e. The van der Waals surface area contributed by atoms with E-state index in [0.717, 1.165) is 6.42 Å². The van der Waals surface area contributed by atoms with Crippen LogP contribution in [0.25, 0.3) is 0 Å². The van der Waals surface area contributed by atoms with Gasteiger partial charge in [0.25, 0.3) is 0 Å². The van der Waals surface area contributed by atoms with Gasteiger partial charge < -0.3 is 10.6 Å². The summed E-state index contributed by atoms with van der Waals surface area (Å²) in [6.45, 7) is 13.4. The molecule has 0 heterocycles. The molecule has 1 aromatic carbocycles. The summed E-state index contributed by atoms with van der Waals surface area (Å²) in [5.74, 6) is 0. The zero-order valence-corrected chi connectivity index (χ0v) is 13.2. The summed E-state index contributed by atoms with van der Waals surface area (Å²) >= 11 is 0. The van der Waals surface area contributed by atoms with Crippen LogP contribution in [0.4, 0.5) is 0 Å². The highest BCUT2D eigenvalue weighted by Crippen LogP contribution is 2.33. The van der Waals surface area contributed by atoms with E-state index in [2.05, 4.69) is 76.4 Å². The molecule has 2 heteroatoms. The Bertz CT molecular complexity index is 437. The Hall–Kier alpha value is -0.860. The molecule has 1 aliphatic rings. The highest BCUT2D eigenvalue weighted by molar-refractivity contribution is 5.37. The highest BCUT2D eigenvalue weighted by Gasteiger charge is 2.35. The summed E-state index contributed by atoms with van der Waals surface area (Å²) < 4.78 is 0. The third-order valence-electron chi connectivity index (χ3n) is 3.44. The summed E-state index contributed by atoms with van der Waals surface area (Å²) in [6.07, 6.45) is 1.11. The van der Waals surface area contributed by atoms with Crippen LogP contribution in [0.15, 0.2) is 24.3 Å². The van der Waals surface area contributed by atoms with Crippen LogP contribution in [-0.4, -0.2) is 17.1 Å². The van der Waals surface area contributed by atoms with Crippen molar-refractivity contribution in [3.8, 4) is 0 Å². The largest absolute Gasteiger partial charge is 0.307 e. The van der Waals surface area contributed by atoms with Gasteiger partial charge in [0, 0.05) is 23.2 Å². The van der Waals surface area contributed by atoms with E-state index in [0.29, 0.717) is 12.1 Å². The fourth-order valence-electron chi connectivity index (χ4n) is 2.93. The van der Waals surface area contributed by atoms with E-state index in [9.17, 15) is 0 Å². The first-order chi connectivity index (χ1) is 8.66. The Morgan fingerprint density at radius 2 is 1.47 bits per heavy atom. The zero-order chi connectivity index (χ0) is 14.3. The molecule has 0 bridgehead atoms. The second kappa shape index (κ2) is 4.92. The van der Waals surface area contributed by atoms with Gasteiger partial charge in [-0.1, -0.05) is 24.3 Å². The Kier molecular flexibility index (Phi) is 3.76. The molecule has 0 saturated carbocycles. The van der Waals surface area contributed by atoms with E-state index in [1.165, 1.54) is 11.1 Å². The third kappa shape index (κ3) is 3.80. The summed E-state index contributed by atoms with van der Waals surface area (Å²) in [4.78, 5) is 0. The van der Waals surface area contributed by atoms with Gasteiger partial charge in [-0.15, -0.1) is 0 Å². The summed E-state index contributed by atoms with van der Waals surface area (Å²) in [5.41, 5.74) is 3.20. The van der Waals surface area contributed by atoms with Crippen molar-refractivity contribution >= 4 is 0 Å². The van der Waals surface area contributed by atoms with Gasteiger partial charge in [-0.05, 0) is 59.1 Å². The molecule has 2 unspecified atom stereocenters. The van der Waals surface area contributed by atoms with Gasteiger partial charge in [0.15, 0.2) is 0 Å². The van der Waals surface area contributed by atoms with Crippen molar-refractivity contribution in [1.29, 1.82) is 0 Å². The molecule has 0 spiro atoms. The van der Waals surface area contributed by atoms with Crippen LogP contribution in [0.2, 0.25) is 0 Å². The second-order valence-electron chi connectivity index (χ2n) is 7.78. The van der Waals surface area contributed by atoms with E-state index in [-0.39, 0.29) is 11.1 Å². The first-order valence-corrected chi connectivity index (χ1v) is 7.29. The average molecular weight is 260 g/mol. The van der Waals surface area contributed by atoms with Gasteiger partial charge in [-0.2, -0.15) is 0 Å². The van der Waals surface area contributed by atoms with E-state index in [1.807, 2.05) is 0 Å². The van der Waals surface area contributed by atoms with Crippen molar-refractivity contribution in [2.45, 2.75) is 71.1 Å². The first kappa shape index (κ1) is 14.5. The number of benzene rings is 1. The molecule has 106 valence electrons. The van der Waals surface area contributed by atoms with Crippen LogP contribution in [0.5, 0.6) is 0 Å². The van der Waals surface area contributed by atoms with Crippen molar-refractivity contribution in [3.63, 3.8) is 0 Å². The second-order valence-corrected chi connectivity index (χ2v) is 7.78. The fourth-order valence-corrected chi connectivity index (χ4v) is 2.93. The van der Waals surface area contributed by atoms with Crippen LogP contribution in [0, 0.1) is 0 Å². The SMILES string of the molecule is CC(C)(C)NC1Cc2ccccc2C1NC(C)(C)C. The van der Waals surface area contributed by atoms with Gasteiger partial charge in [0.1, 0.15) is 0 Å². The molecule has 0 amide bonds. The molecule has 2 nitrogen and oxygen atoms in total. The molecule has 2 atom stereocenters. The molecule has 0 radical (unpaired) electrons. The molecule has 0 saturated heterocycles. The van der Waals surface area contributed by atoms with E-state index in [1.54, 1.807) is 0 Å². The highest BCUT2D eigenvalue weighted by atomic mass is 15.1. The molecule has 0 aliphatic heterocycles. The Morgan fingerprint density at radius 3 is 2.05 bits per heavy atom. The van der Waals surface area contributed by atoms with Crippen molar-refractivity contribution < 1.29 is 0 Å². The Labute approximate surface area is 118 Å². The van der Waals surface area contributed by atoms with Gasteiger partial charge in [-0.3, -0.25) is 0 Å². The quantitative estimate of drug-likeness (QED) is 0.851. The number of fused-ring (bicyclic) bond motifs is 1. The zero-order valence-electron chi connectivity index (χ0n) is 13.2. The number of hydrogen-bond donors (Lipinski definition) is 2. The van der Waals surface area contributed by atoms with Crippen LogP contribution in [0.3, 0.4) is 0 Å². The minimum Gasteiger partial charge on any atom is -0.307 e. The van der Waals surface area contributed by atoms with Crippen molar-refractivity contribution in [1.82, 2.24) is 10.6 Å². The normalized spacial score (nSPS) is 23.5. The first-order valence-electron chi connectivity index (χ1n) is 7.29. The molecule has 2 N–H and O–H groups in total. The minimum atomic E-state index is 0.125. The molecular weight excluding hydrogens is 232 g/mol. The summed E-state index contributed by atoms with van der Waals surface area (Å²) in [5, 5.41) is 7.56. The molecule has 1 aliphatic carbocycles. The van der Waals surface area contributed by atoms with Gasteiger partial charge in [0.2, 0.25) is 0 Å².